The first-order valence-electron chi connectivity index (χ1n) is 8.28. The number of hydrogen-bond acceptors (Lipinski definition) is 1. The van der Waals surface area contributed by atoms with Gasteiger partial charge in [-0.1, -0.05) is 64.9 Å². The molecule has 2 aliphatic carbocycles. The van der Waals surface area contributed by atoms with Gasteiger partial charge in [0.15, 0.2) is 0 Å². The van der Waals surface area contributed by atoms with Gasteiger partial charge in [-0.2, -0.15) is 0 Å². The number of rotatable bonds is 2. The van der Waals surface area contributed by atoms with Gasteiger partial charge >= 0.3 is 0 Å². The number of carbonyl (C=O) groups is 1. The minimum Gasteiger partial charge on any atom is -0.299 e. The largest absolute Gasteiger partial charge is 0.299 e. The van der Waals surface area contributed by atoms with Crippen molar-refractivity contribution in [1.82, 2.24) is 0 Å². The van der Waals surface area contributed by atoms with Crippen LogP contribution in [0.2, 0.25) is 18.1 Å². The summed E-state index contributed by atoms with van der Waals surface area (Å²) in [6.07, 6.45) is 7.43. The van der Waals surface area contributed by atoms with Crippen molar-refractivity contribution < 1.29 is 4.79 Å². The normalized spacial score (nSPS) is 34.6. The molecule has 2 heteroatoms. The molecule has 0 bridgehead atoms. The smallest absolute Gasteiger partial charge is 0.137 e. The van der Waals surface area contributed by atoms with Crippen LogP contribution in [0.1, 0.15) is 60.3 Å². The summed E-state index contributed by atoms with van der Waals surface area (Å²) in [5.74, 6) is 1.43. The van der Waals surface area contributed by atoms with E-state index in [1.54, 1.807) is 5.20 Å². The second-order valence-electron chi connectivity index (χ2n) is 8.67. The molecule has 0 aromatic rings. The Labute approximate surface area is 126 Å². The fourth-order valence-electron chi connectivity index (χ4n) is 4.56. The molecule has 0 spiro atoms. The molecule has 0 amide bonds. The molecule has 1 nitrogen and oxygen atoms in total. The van der Waals surface area contributed by atoms with Gasteiger partial charge in [0.1, 0.15) is 5.78 Å². The first kappa shape index (κ1) is 16.0. The van der Waals surface area contributed by atoms with Gasteiger partial charge in [-0.05, 0) is 36.6 Å². The van der Waals surface area contributed by atoms with Crippen LogP contribution in [0.3, 0.4) is 0 Å². The number of Topliss-reactive ketones (excluding diaryl/α,β-unsaturated/α-hetero) is 1. The van der Waals surface area contributed by atoms with Gasteiger partial charge in [0, 0.05) is 5.41 Å². The number of allylic oxidation sites excluding steroid dienone is 2. The van der Waals surface area contributed by atoms with Gasteiger partial charge < -0.3 is 0 Å². The summed E-state index contributed by atoms with van der Waals surface area (Å²) in [5.41, 5.74) is -0.0525. The van der Waals surface area contributed by atoms with Crippen LogP contribution >= 0.6 is 0 Å². The zero-order chi connectivity index (χ0) is 15.3. The Morgan fingerprint density at radius 1 is 1.30 bits per heavy atom. The average molecular weight is 293 g/mol. The van der Waals surface area contributed by atoms with Crippen molar-refractivity contribution >= 4 is 13.9 Å². The molecular formula is C18H32OSi. The van der Waals surface area contributed by atoms with E-state index in [1.165, 1.54) is 19.3 Å². The highest BCUT2D eigenvalue weighted by Crippen LogP contribution is 2.59. The highest BCUT2D eigenvalue weighted by molar-refractivity contribution is 6.87. The molecule has 3 atom stereocenters. The van der Waals surface area contributed by atoms with E-state index >= 15 is 0 Å². The fourth-order valence-corrected chi connectivity index (χ4v) is 7.38. The molecule has 0 heterocycles. The third-order valence-corrected chi connectivity index (χ3v) is 12.7. The molecule has 0 unspecified atom stereocenters. The lowest BCUT2D eigenvalue weighted by atomic mass is 9.62. The molecule has 114 valence electrons. The fraction of sp³-hybridized carbons (Fsp3) is 0.833. The lowest BCUT2D eigenvalue weighted by Crippen LogP contribution is -2.46. The number of fused-ring (bicyclic) bond motifs is 1. The van der Waals surface area contributed by atoms with Gasteiger partial charge in [-0.25, -0.2) is 0 Å². The summed E-state index contributed by atoms with van der Waals surface area (Å²) in [5, 5.41) is 2.03. The second-order valence-corrected chi connectivity index (χ2v) is 14.0. The van der Waals surface area contributed by atoms with Crippen LogP contribution in [0.5, 0.6) is 0 Å². The van der Waals surface area contributed by atoms with E-state index in [1.807, 2.05) is 6.92 Å². The summed E-state index contributed by atoms with van der Waals surface area (Å²) in [7, 11) is -1.51. The zero-order valence-corrected chi connectivity index (χ0v) is 15.5. The molecule has 0 saturated heterocycles. The number of hydrogen-bond donors (Lipinski definition) is 0. The molecule has 2 aliphatic rings. The molecule has 1 fully saturated rings. The monoisotopic (exact) mass is 292 g/mol. The van der Waals surface area contributed by atoms with Gasteiger partial charge in [0.25, 0.3) is 0 Å². The molecule has 0 aromatic heterocycles. The Morgan fingerprint density at radius 2 is 1.90 bits per heavy atom. The van der Waals surface area contributed by atoms with Crippen LogP contribution in [0, 0.1) is 17.3 Å². The third-order valence-electron chi connectivity index (χ3n) is 6.89. The molecule has 0 radical (unpaired) electrons. The maximum atomic E-state index is 12.5. The van der Waals surface area contributed by atoms with E-state index in [-0.39, 0.29) is 5.41 Å². The van der Waals surface area contributed by atoms with Gasteiger partial charge in [-0.15, -0.1) is 0 Å². The van der Waals surface area contributed by atoms with Crippen LogP contribution in [0.25, 0.3) is 0 Å². The van der Waals surface area contributed by atoms with Crippen LogP contribution in [0.4, 0.5) is 0 Å². The van der Waals surface area contributed by atoms with E-state index in [0.29, 0.717) is 22.7 Å². The van der Waals surface area contributed by atoms with Crippen molar-refractivity contribution in [3.8, 4) is 0 Å². The lowest BCUT2D eigenvalue weighted by Gasteiger charge is -2.45. The van der Waals surface area contributed by atoms with Gasteiger partial charge in [-0.3, -0.25) is 4.79 Å². The highest BCUT2D eigenvalue weighted by Gasteiger charge is 2.56. The SMILES string of the molecule is CC(=O)[C@]12CCCC[C@H]1C=C([Si](C)(C)C(C)(C)C)[C@H]2C. The van der Waals surface area contributed by atoms with Gasteiger partial charge in [0.05, 0.1) is 8.07 Å². The van der Waals surface area contributed by atoms with Crippen molar-refractivity contribution in [2.75, 3.05) is 0 Å². The van der Waals surface area contributed by atoms with Crippen LogP contribution < -0.4 is 0 Å². The molecule has 2 rings (SSSR count). The molecule has 0 aromatic carbocycles. The van der Waals surface area contributed by atoms with Crippen molar-refractivity contribution in [3.63, 3.8) is 0 Å². The maximum absolute atomic E-state index is 12.5. The second kappa shape index (κ2) is 4.83. The third kappa shape index (κ3) is 2.06. The summed E-state index contributed by atoms with van der Waals surface area (Å²) in [4.78, 5) is 12.5. The van der Waals surface area contributed by atoms with E-state index in [2.05, 4.69) is 46.9 Å². The summed E-state index contributed by atoms with van der Waals surface area (Å²) in [6, 6.07) is 0. The van der Waals surface area contributed by atoms with Crippen molar-refractivity contribution in [2.24, 2.45) is 17.3 Å². The summed E-state index contributed by atoms with van der Waals surface area (Å²) >= 11 is 0. The maximum Gasteiger partial charge on any atom is 0.137 e. The van der Waals surface area contributed by atoms with Crippen molar-refractivity contribution in [3.05, 3.63) is 11.3 Å². The van der Waals surface area contributed by atoms with E-state index in [0.717, 1.165) is 6.42 Å². The van der Waals surface area contributed by atoms with E-state index in [9.17, 15) is 4.79 Å². The molecular weight excluding hydrogens is 260 g/mol. The van der Waals surface area contributed by atoms with E-state index < -0.39 is 8.07 Å². The van der Waals surface area contributed by atoms with E-state index in [4.69, 9.17) is 0 Å². The standard InChI is InChI=1S/C18H32OSi/c1-13-16(20(6,7)17(3,4)5)12-15-10-8-9-11-18(13,15)14(2)19/h12-13,15H,8-11H2,1-7H3/t13-,15+,18-/m1/s1. The first-order chi connectivity index (χ1) is 9.05. The summed E-state index contributed by atoms with van der Waals surface area (Å²) < 4.78 is 0. The Hall–Kier alpha value is -0.373. The summed E-state index contributed by atoms with van der Waals surface area (Å²) in [6.45, 7) is 16.3. The lowest BCUT2D eigenvalue weighted by molar-refractivity contribution is -0.132. The minimum absolute atomic E-state index is 0.0525. The first-order valence-corrected chi connectivity index (χ1v) is 11.3. The topological polar surface area (TPSA) is 17.1 Å². The van der Waals surface area contributed by atoms with Crippen LogP contribution in [0.15, 0.2) is 11.3 Å². The predicted molar refractivity (Wildman–Crippen MR) is 89.5 cm³/mol. The Kier molecular flexibility index (Phi) is 3.86. The zero-order valence-electron chi connectivity index (χ0n) is 14.5. The van der Waals surface area contributed by atoms with Crippen molar-refractivity contribution in [1.29, 1.82) is 0 Å². The van der Waals surface area contributed by atoms with Crippen LogP contribution in [-0.2, 0) is 4.79 Å². The Bertz CT molecular complexity index is 441. The average Bonchev–Trinajstić information content (AvgIpc) is 2.63. The molecule has 0 N–H and O–H groups in total. The Balaban J connectivity index is 2.47. The van der Waals surface area contributed by atoms with Gasteiger partial charge in [0.2, 0.25) is 0 Å². The quantitative estimate of drug-likeness (QED) is 0.625. The number of ketones is 1. The van der Waals surface area contributed by atoms with Crippen molar-refractivity contribution in [2.45, 2.75) is 78.4 Å². The highest BCUT2D eigenvalue weighted by atomic mass is 28.3. The molecule has 1 saturated carbocycles. The predicted octanol–water partition coefficient (Wildman–Crippen LogP) is 5.38. The minimum atomic E-state index is -1.51. The Morgan fingerprint density at radius 3 is 2.35 bits per heavy atom. The number of carbonyl (C=O) groups excluding carboxylic acids is 1. The molecule has 0 aliphatic heterocycles. The van der Waals surface area contributed by atoms with Crippen LogP contribution in [-0.4, -0.2) is 13.9 Å². The molecule has 20 heavy (non-hydrogen) atoms.